The summed E-state index contributed by atoms with van der Waals surface area (Å²) in [4.78, 5) is 28.2. The lowest BCUT2D eigenvalue weighted by atomic mass is 10.0. The number of anilines is 1. The molecule has 2 aromatic rings. The Morgan fingerprint density at radius 1 is 1.26 bits per heavy atom. The van der Waals surface area contributed by atoms with Gasteiger partial charge in [0.05, 0.1) is 6.42 Å². The standard InChI is InChI=1S/C21H19F4N3O3/c1-11(2)14-10-15(22)12(7-17(14)29)8-18(30)27-13-3-6-26-16(9-13)19(31)28-20(4-5-20)21(23,24)25/h3,6-7,9-10,29H,1,4-5,8H2,2H3,(H,28,31)(H,26,27,30). The van der Waals surface area contributed by atoms with Crippen LogP contribution in [0.15, 0.2) is 37.0 Å². The first-order valence-corrected chi connectivity index (χ1v) is 9.24. The Morgan fingerprint density at radius 3 is 2.52 bits per heavy atom. The number of aromatic nitrogens is 1. The average Bonchev–Trinajstić information content (AvgIpc) is 3.45. The fraction of sp³-hybridized carbons (Fsp3) is 0.286. The Kier molecular flexibility index (Phi) is 5.75. The van der Waals surface area contributed by atoms with Gasteiger partial charge < -0.3 is 15.7 Å². The van der Waals surface area contributed by atoms with Crippen molar-refractivity contribution in [3.05, 3.63) is 59.7 Å². The van der Waals surface area contributed by atoms with Crippen LogP contribution in [-0.2, 0) is 11.2 Å². The van der Waals surface area contributed by atoms with Gasteiger partial charge in [-0.3, -0.25) is 14.6 Å². The first-order chi connectivity index (χ1) is 14.4. The molecular weight excluding hydrogens is 418 g/mol. The zero-order valence-electron chi connectivity index (χ0n) is 16.4. The van der Waals surface area contributed by atoms with Gasteiger partial charge >= 0.3 is 6.18 Å². The average molecular weight is 437 g/mol. The Balaban J connectivity index is 1.69. The van der Waals surface area contributed by atoms with Gasteiger partial charge in [-0.1, -0.05) is 6.58 Å². The Morgan fingerprint density at radius 2 is 1.94 bits per heavy atom. The largest absolute Gasteiger partial charge is 0.507 e. The van der Waals surface area contributed by atoms with Crippen LogP contribution in [0.5, 0.6) is 5.75 Å². The molecule has 164 valence electrons. The monoisotopic (exact) mass is 437 g/mol. The lowest BCUT2D eigenvalue weighted by Crippen LogP contribution is -2.48. The van der Waals surface area contributed by atoms with Crippen molar-refractivity contribution in [3.63, 3.8) is 0 Å². The van der Waals surface area contributed by atoms with E-state index in [2.05, 4.69) is 16.9 Å². The summed E-state index contributed by atoms with van der Waals surface area (Å²) in [6.45, 7) is 5.22. The van der Waals surface area contributed by atoms with E-state index >= 15 is 0 Å². The van der Waals surface area contributed by atoms with E-state index < -0.39 is 35.8 Å². The van der Waals surface area contributed by atoms with Crippen LogP contribution in [0.1, 0.15) is 41.4 Å². The number of rotatable bonds is 6. The fourth-order valence-corrected chi connectivity index (χ4v) is 2.98. The molecule has 3 N–H and O–H groups in total. The normalized spacial score (nSPS) is 14.6. The number of carbonyl (C=O) groups excluding carboxylic acids is 2. The van der Waals surface area contributed by atoms with Crippen LogP contribution in [-0.4, -0.2) is 33.6 Å². The third kappa shape index (κ3) is 4.84. The lowest BCUT2D eigenvalue weighted by Gasteiger charge is -2.20. The number of phenols is 1. The minimum atomic E-state index is -4.57. The van der Waals surface area contributed by atoms with Crippen molar-refractivity contribution in [1.29, 1.82) is 0 Å². The molecule has 10 heteroatoms. The van der Waals surface area contributed by atoms with Gasteiger partial charge in [0.2, 0.25) is 5.91 Å². The molecule has 0 atom stereocenters. The SMILES string of the molecule is C=C(C)c1cc(F)c(CC(=O)Nc2ccnc(C(=O)NC3(C(F)(F)F)CC3)c2)cc1O. The molecule has 3 rings (SSSR count). The number of phenolic OH excluding ortho intramolecular Hbond substituents is 1. The van der Waals surface area contributed by atoms with Crippen LogP contribution in [0.4, 0.5) is 23.2 Å². The van der Waals surface area contributed by atoms with Crippen LogP contribution in [0, 0.1) is 5.82 Å². The minimum Gasteiger partial charge on any atom is -0.507 e. The number of alkyl halides is 3. The van der Waals surface area contributed by atoms with E-state index in [9.17, 15) is 32.3 Å². The second-order valence-corrected chi connectivity index (χ2v) is 7.43. The number of halogens is 4. The molecule has 31 heavy (non-hydrogen) atoms. The van der Waals surface area contributed by atoms with Crippen molar-refractivity contribution in [2.75, 3.05) is 5.32 Å². The summed E-state index contributed by atoms with van der Waals surface area (Å²) in [7, 11) is 0. The van der Waals surface area contributed by atoms with Crippen LogP contribution < -0.4 is 10.6 Å². The summed E-state index contributed by atoms with van der Waals surface area (Å²) in [5.74, 6) is -2.61. The first kappa shape index (κ1) is 22.3. The molecule has 1 aliphatic carbocycles. The molecule has 0 spiro atoms. The van der Waals surface area contributed by atoms with E-state index in [1.807, 2.05) is 5.32 Å². The molecule has 1 fully saturated rings. The Hall–Kier alpha value is -3.43. The molecule has 1 aliphatic rings. The quantitative estimate of drug-likeness (QED) is 0.597. The number of aromatic hydroxyl groups is 1. The highest BCUT2D eigenvalue weighted by Crippen LogP contribution is 2.49. The summed E-state index contributed by atoms with van der Waals surface area (Å²) in [5, 5.41) is 14.3. The van der Waals surface area contributed by atoms with E-state index in [-0.39, 0.29) is 41.1 Å². The molecule has 0 bridgehead atoms. The number of pyridine rings is 1. The highest BCUT2D eigenvalue weighted by atomic mass is 19.4. The highest BCUT2D eigenvalue weighted by Gasteiger charge is 2.64. The number of hydrogen-bond acceptors (Lipinski definition) is 4. The minimum absolute atomic E-state index is 0.0622. The molecule has 6 nitrogen and oxygen atoms in total. The Bertz CT molecular complexity index is 1060. The van der Waals surface area contributed by atoms with Gasteiger partial charge in [0.25, 0.3) is 5.91 Å². The van der Waals surface area contributed by atoms with Gasteiger partial charge in [-0.05, 0) is 49.6 Å². The maximum Gasteiger partial charge on any atom is 0.411 e. The predicted octanol–water partition coefficient (Wildman–Crippen LogP) is 3.97. The summed E-state index contributed by atoms with van der Waals surface area (Å²) < 4.78 is 53.3. The number of hydrogen-bond donors (Lipinski definition) is 3. The number of benzene rings is 1. The summed E-state index contributed by atoms with van der Waals surface area (Å²) in [5.41, 5.74) is -1.83. The predicted molar refractivity (Wildman–Crippen MR) is 105 cm³/mol. The van der Waals surface area contributed by atoms with Crippen molar-refractivity contribution in [3.8, 4) is 5.75 Å². The molecule has 1 aromatic carbocycles. The molecule has 1 aromatic heterocycles. The first-order valence-electron chi connectivity index (χ1n) is 9.24. The van der Waals surface area contributed by atoms with Crippen LogP contribution in [0.2, 0.25) is 0 Å². The molecule has 0 radical (unpaired) electrons. The number of amides is 2. The number of nitrogens with zero attached hydrogens (tertiary/aromatic N) is 1. The second kappa shape index (κ2) is 8.01. The lowest BCUT2D eigenvalue weighted by molar-refractivity contribution is -0.163. The van der Waals surface area contributed by atoms with Gasteiger partial charge in [-0.15, -0.1) is 0 Å². The van der Waals surface area contributed by atoms with Gasteiger partial charge in [0, 0.05) is 23.0 Å². The van der Waals surface area contributed by atoms with E-state index in [1.165, 1.54) is 6.07 Å². The van der Waals surface area contributed by atoms with Gasteiger partial charge in [-0.25, -0.2) is 4.39 Å². The molecular formula is C21H19F4N3O3. The fourth-order valence-electron chi connectivity index (χ4n) is 2.98. The molecule has 0 saturated heterocycles. The maximum atomic E-state index is 14.2. The van der Waals surface area contributed by atoms with E-state index in [0.29, 0.717) is 5.57 Å². The number of nitrogens with one attached hydrogen (secondary N) is 2. The maximum absolute atomic E-state index is 14.2. The topological polar surface area (TPSA) is 91.3 Å². The highest BCUT2D eigenvalue weighted by molar-refractivity contribution is 5.96. The summed E-state index contributed by atoms with van der Waals surface area (Å²) >= 11 is 0. The number of allylic oxidation sites excluding steroid dienone is 1. The molecule has 2 amide bonds. The van der Waals surface area contributed by atoms with Gasteiger partial charge in [0.1, 0.15) is 22.8 Å². The van der Waals surface area contributed by atoms with E-state index in [0.717, 1.165) is 24.4 Å². The van der Waals surface area contributed by atoms with E-state index in [4.69, 9.17) is 0 Å². The van der Waals surface area contributed by atoms with Crippen LogP contribution in [0.3, 0.4) is 0 Å². The third-order valence-electron chi connectivity index (χ3n) is 4.90. The molecule has 0 aliphatic heterocycles. The van der Waals surface area contributed by atoms with Gasteiger partial charge in [0.15, 0.2) is 0 Å². The van der Waals surface area contributed by atoms with Crippen molar-refractivity contribution in [1.82, 2.24) is 10.3 Å². The summed E-state index contributed by atoms with van der Waals surface area (Å²) in [6.07, 6.45) is -4.24. The third-order valence-corrected chi connectivity index (χ3v) is 4.90. The van der Waals surface area contributed by atoms with Crippen LogP contribution in [0.25, 0.3) is 5.57 Å². The molecule has 1 heterocycles. The Labute approximate surface area is 175 Å². The van der Waals surface area contributed by atoms with Gasteiger partial charge in [-0.2, -0.15) is 13.2 Å². The van der Waals surface area contributed by atoms with Crippen molar-refractivity contribution in [2.45, 2.75) is 37.9 Å². The van der Waals surface area contributed by atoms with Crippen molar-refractivity contribution >= 4 is 23.1 Å². The van der Waals surface area contributed by atoms with Crippen molar-refractivity contribution < 1.29 is 32.3 Å². The van der Waals surface area contributed by atoms with E-state index in [1.54, 1.807) is 6.92 Å². The summed E-state index contributed by atoms with van der Waals surface area (Å²) in [6, 6.07) is 4.65. The zero-order chi connectivity index (χ0) is 23.0. The van der Waals surface area contributed by atoms with Crippen LogP contribution >= 0.6 is 0 Å². The second-order valence-electron chi connectivity index (χ2n) is 7.43. The smallest absolute Gasteiger partial charge is 0.411 e. The molecule has 0 unspecified atom stereocenters. The number of carbonyl (C=O) groups is 2. The van der Waals surface area contributed by atoms with Crippen molar-refractivity contribution in [2.24, 2.45) is 0 Å². The molecule has 1 saturated carbocycles. The zero-order valence-corrected chi connectivity index (χ0v) is 16.4.